The summed E-state index contributed by atoms with van der Waals surface area (Å²) in [5.74, 6) is 1.61. The van der Waals surface area contributed by atoms with Crippen LogP contribution >= 0.6 is 0 Å². The molecule has 3 aromatic rings. The van der Waals surface area contributed by atoms with E-state index in [0.29, 0.717) is 18.4 Å². The van der Waals surface area contributed by atoms with Gasteiger partial charge in [0.1, 0.15) is 5.82 Å². The van der Waals surface area contributed by atoms with Gasteiger partial charge in [-0.3, -0.25) is 4.79 Å². The molecule has 152 valence electrons. The Hall–Kier alpha value is -3.16. The number of hydrogen-bond donors (Lipinski definition) is 3. The molecular formula is C21H27N7O. The van der Waals surface area contributed by atoms with Gasteiger partial charge in [-0.15, -0.1) is 0 Å². The van der Waals surface area contributed by atoms with Gasteiger partial charge in [0, 0.05) is 37.8 Å². The van der Waals surface area contributed by atoms with Gasteiger partial charge in [0.25, 0.3) is 0 Å². The Kier molecular flexibility index (Phi) is 5.59. The highest BCUT2D eigenvalue weighted by atomic mass is 16.1. The molecule has 1 amide bonds. The maximum absolute atomic E-state index is 12.2. The highest BCUT2D eigenvalue weighted by Gasteiger charge is 2.23. The minimum absolute atomic E-state index is 0.0296. The van der Waals surface area contributed by atoms with Gasteiger partial charge in [-0.1, -0.05) is 12.1 Å². The first-order valence-corrected chi connectivity index (χ1v) is 10.1. The molecule has 1 saturated carbocycles. The maximum Gasteiger partial charge on any atom is 0.226 e. The van der Waals surface area contributed by atoms with E-state index < -0.39 is 0 Å². The van der Waals surface area contributed by atoms with E-state index in [1.165, 1.54) is 0 Å². The van der Waals surface area contributed by atoms with Crippen LogP contribution in [0.4, 0.5) is 11.8 Å². The van der Waals surface area contributed by atoms with Gasteiger partial charge < -0.3 is 20.5 Å². The minimum atomic E-state index is 0.0296. The van der Waals surface area contributed by atoms with Gasteiger partial charge in [-0.05, 0) is 37.8 Å². The Balaban J connectivity index is 1.34. The summed E-state index contributed by atoms with van der Waals surface area (Å²) in [4.78, 5) is 30.6. The normalized spacial score (nSPS) is 19.1. The first-order valence-electron chi connectivity index (χ1n) is 10.1. The maximum atomic E-state index is 12.2. The summed E-state index contributed by atoms with van der Waals surface area (Å²) in [6.07, 6.45) is 7.50. The van der Waals surface area contributed by atoms with E-state index >= 15 is 0 Å². The highest BCUT2D eigenvalue weighted by molar-refractivity contribution is 5.90. The van der Waals surface area contributed by atoms with Gasteiger partial charge >= 0.3 is 0 Å². The van der Waals surface area contributed by atoms with Crippen molar-refractivity contribution in [2.75, 3.05) is 24.3 Å². The molecule has 8 nitrogen and oxygen atoms in total. The summed E-state index contributed by atoms with van der Waals surface area (Å²) in [5, 5.41) is 7.68. The number of imidazole rings is 1. The van der Waals surface area contributed by atoms with Gasteiger partial charge in [0.15, 0.2) is 0 Å². The van der Waals surface area contributed by atoms with E-state index in [9.17, 15) is 4.79 Å². The van der Waals surface area contributed by atoms with E-state index in [2.05, 4.69) is 20.6 Å². The van der Waals surface area contributed by atoms with E-state index in [1.807, 2.05) is 43.3 Å². The van der Waals surface area contributed by atoms with Crippen molar-refractivity contribution in [2.45, 2.75) is 44.2 Å². The van der Waals surface area contributed by atoms with Crippen molar-refractivity contribution in [1.82, 2.24) is 25.3 Å². The number of carbonyl (C=O) groups excluding carboxylic acids is 1. The number of nitrogens with zero attached hydrogens (tertiary/aromatic N) is 4. The average molecular weight is 393 g/mol. The van der Waals surface area contributed by atoms with Crippen molar-refractivity contribution < 1.29 is 4.79 Å². The van der Waals surface area contributed by atoms with Gasteiger partial charge in [-0.25, -0.2) is 9.97 Å². The Labute approximate surface area is 170 Å². The number of anilines is 2. The van der Waals surface area contributed by atoms with Gasteiger partial charge in [0.05, 0.1) is 24.0 Å². The topological polar surface area (TPSA) is 98.8 Å². The molecule has 0 saturated heterocycles. The number of nitrogens with one attached hydrogen (secondary N) is 3. The van der Waals surface area contributed by atoms with Crippen molar-refractivity contribution in [3.05, 3.63) is 42.5 Å². The summed E-state index contributed by atoms with van der Waals surface area (Å²) >= 11 is 0. The molecule has 0 unspecified atom stereocenters. The number of rotatable bonds is 6. The molecule has 2 heterocycles. The predicted octanol–water partition coefficient (Wildman–Crippen LogP) is 2.50. The predicted molar refractivity (Wildman–Crippen MR) is 114 cm³/mol. The second-order valence-corrected chi connectivity index (χ2v) is 7.78. The van der Waals surface area contributed by atoms with E-state index in [-0.39, 0.29) is 11.9 Å². The SMILES string of the molecule is CN(C)c1nc(N[C@H]2CC[C@@H](NC(=O)Cc3c[nH]cn3)CC2)nc2ccccc12. The molecule has 3 N–H and O–H groups in total. The molecule has 1 aromatic carbocycles. The zero-order valence-corrected chi connectivity index (χ0v) is 16.9. The lowest BCUT2D eigenvalue weighted by Crippen LogP contribution is -2.41. The van der Waals surface area contributed by atoms with Crippen LogP contribution in [0.1, 0.15) is 31.4 Å². The Bertz CT molecular complexity index is 962. The Morgan fingerprint density at radius 2 is 1.90 bits per heavy atom. The molecule has 4 rings (SSSR count). The number of amides is 1. The average Bonchev–Trinajstić information content (AvgIpc) is 3.21. The molecular weight excluding hydrogens is 366 g/mol. The van der Waals surface area contributed by atoms with Crippen LogP contribution in [-0.2, 0) is 11.2 Å². The van der Waals surface area contributed by atoms with Crippen molar-refractivity contribution in [2.24, 2.45) is 0 Å². The smallest absolute Gasteiger partial charge is 0.226 e. The van der Waals surface area contributed by atoms with Crippen LogP contribution in [0.2, 0.25) is 0 Å². The lowest BCUT2D eigenvalue weighted by Gasteiger charge is -2.30. The van der Waals surface area contributed by atoms with Crippen LogP contribution in [0.25, 0.3) is 10.9 Å². The third-order valence-electron chi connectivity index (χ3n) is 5.33. The van der Waals surface area contributed by atoms with Crippen molar-refractivity contribution in [1.29, 1.82) is 0 Å². The molecule has 1 aliphatic carbocycles. The first-order chi connectivity index (χ1) is 14.1. The van der Waals surface area contributed by atoms with E-state index in [1.54, 1.807) is 12.5 Å². The second-order valence-electron chi connectivity index (χ2n) is 7.78. The highest BCUT2D eigenvalue weighted by Crippen LogP contribution is 2.26. The van der Waals surface area contributed by atoms with Crippen LogP contribution in [0.3, 0.4) is 0 Å². The third-order valence-corrected chi connectivity index (χ3v) is 5.33. The summed E-state index contributed by atoms with van der Waals surface area (Å²) in [6.45, 7) is 0. The van der Waals surface area contributed by atoms with Crippen molar-refractivity contribution >= 4 is 28.6 Å². The van der Waals surface area contributed by atoms with Crippen LogP contribution in [0, 0.1) is 0 Å². The van der Waals surface area contributed by atoms with Crippen LogP contribution < -0.4 is 15.5 Å². The van der Waals surface area contributed by atoms with Crippen LogP contribution in [0.5, 0.6) is 0 Å². The van der Waals surface area contributed by atoms with E-state index in [0.717, 1.165) is 48.1 Å². The Morgan fingerprint density at radius 3 is 2.62 bits per heavy atom. The van der Waals surface area contributed by atoms with Crippen LogP contribution in [0.15, 0.2) is 36.8 Å². The number of hydrogen-bond acceptors (Lipinski definition) is 6. The fourth-order valence-electron chi connectivity index (χ4n) is 3.86. The molecule has 0 spiro atoms. The van der Waals surface area contributed by atoms with Crippen molar-refractivity contribution in [3.8, 4) is 0 Å². The number of aromatic amines is 1. The number of H-pyrrole nitrogens is 1. The van der Waals surface area contributed by atoms with E-state index in [4.69, 9.17) is 9.97 Å². The number of carbonyl (C=O) groups is 1. The monoisotopic (exact) mass is 393 g/mol. The zero-order valence-electron chi connectivity index (χ0n) is 16.9. The van der Waals surface area contributed by atoms with Gasteiger partial charge in [-0.2, -0.15) is 4.98 Å². The third kappa shape index (κ3) is 4.64. The molecule has 29 heavy (non-hydrogen) atoms. The number of aromatic nitrogens is 4. The second kappa shape index (κ2) is 8.46. The molecule has 1 fully saturated rings. The molecule has 0 aliphatic heterocycles. The summed E-state index contributed by atoms with van der Waals surface area (Å²) in [7, 11) is 3.99. The molecule has 8 heteroatoms. The van der Waals surface area contributed by atoms with Crippen molar-refractivity contribution in [3.63, 3.8) is 0 Å². The van der Waals surface area contributed by atoms with Crippen LogP contribution in [-0.4, -0.2) is 52.0 Å². The minimum Gasteiger partial charge on any atom is -0.362 e. The largest absolute Gasteiger partial charge is 0.362 e. The lowest BCUT2D eigenvalue weighted by atomic mass is 9.91. The number of benzene rings is 1. The molecule has 0 atom stereocenters. The van der Waals surface area contributed by atoms with Gasteiger partial charge in [0.2, 0.25) is 11.9 Å². The molecule has 1 aliphatic rings. The first kappa shape index (κ1) is 19.2. The zero-order chi connectivity index (χ0) is 20.2. The Morgan fingerprint density at radius 1 is 1.14 bits per heavy atom. The fraction of sp³-hybridized carbons (Fsp3) is 0.429. The molecule has 2 aromatic heterocycles. The molecule has 0 radical (unpaired) electrons. The molecule has 0 bridgehead atoms. The number of para-hydroxylation sites is 1. The summed E-state index contributed by atoms with van der Waals surface area (Å²) < 4.78 is 0. The lowest BCUT2D eigenvalue weighted by molar-refractivity contribution is -0.121. The summed E-state index contributed by atoms with van der Waals surface area (Å²) in [6, 6.07) is 8.59. The fourth-order valence-corrected chi connectivity index (χ4v) is 3.86. The number of fused-ring (bicyclic) bond motifs is 1. The standard InChI is InChI=1S/C21H27N7O/c1-28(2)20-17-5-3-4-6-18(17)26-21(27-20)25-15-9-7-14(8-10-15)24-19(29)11-16-12-22-13-23-16/h3-6,12-15H,7-11H2,1-2H3,(H,22,23)(H,24,29)(H,25,26,27)/t14-,15+. The quantitative estimate of drug-likeness (QED) is 0.595. The summed E-state index contributed by atoms with van der Waals surface area (Å²) in [5.41, 5.74) is 1.70.